The van der Waals surface area contributed by atoms with Crippen LogP contribution in [0, 0.1) is 0 Å². The van der Waals surface area contributed by atoms with E-state index in [0.29, 0.717) is 0 Å². The Morgan fingerprint density at radius 3 is 1.04 bits per heavy atom. The third-order valence-corrected chi connectivity index (χ3v) is 24.1. The summed E-state index contributed by atoms with van der Waals surface area (Å²) in [5, 5.41) is 0. The van der Waals surface area contributed by atoms with Crippen molar-refractivity contribution >= 4 is 30.5 Å². The summed E-state index contributed by atoms with van der Waals surface area (Å²) < 4.78 is 5.77. The maximum atomic E-state index is 2.35. The maximum absolute atomic E-state index is 3.33. The third-order valence-electron chi connectivity index (χ3n) is 5.11. The summed E-state index contributed by atoms with van der Waals surface area (Å²) in [4.78, 5) is 0. The van der Waals surface area contributed by atoms with E-state index in [1.54, 1.807) is 9.37 Å². The van der Waals surface area contributed by atoms with Crippen LogP contribution in [-0.2, 0) is 3.98 Å². The molecule has 0 aromatic heterocycles. The van der Waals surface area contributed by atoms with E-state index in [1.807, 2.05) is 0 Å². The SMILES string of the molecule is c1ccc([CH2][Pb]([c]2ccccc2)([c]2ccccc2)[c]2ccccc2)cc1. The molecule has 0 amide bonds. The van der Waals surface area contributed by atoms with Gasteiger partial charge in [-0.05, 0) is 0 Å². The molecule has 0 N–H and O–H groups in total. The van der Waals surface area contributed by atoms with Crippen molar-refractivity contribution in [1.82, 2.24) is 0 Å². The molecule has 1 heteroatoms. The normalized spacial score (nSPS) is 11.2. The van der Waals surface area contributed by atoms with E-state index in [-0.39, 0.29) is 0 Å². The fourth-order valence-corrected chi connectivity index (χ4v) is 22.3. The molecule has 0 atom stereocenters. The monoisotopic (exact) mass is 530 g/mol. The Morgan fingerprint density at radius 1 is 0.385 bits per heavy atom. The second-order valence-electron chi connectivity index (χ2n) is 6.67. The first kappa shape index (κ1) is 17.2. The van der Waals surface area contributed by atoms with Crippen LogP contribution in [-0.4, -0.2) is 21.2 Å². The molecule has 4 rings (SSSR count). The summed E-state index contributed by atoms with van der Waals surface area (Å²) in [7, 11) is 0. The van der Waals surface area contributed by atoms with Crippen molar-refractivity contribution in [2.45, 2.75) is 3.98 Å². The van der Waals surface area contributed by atoms with E-state index in [9.17, 15) is 0 Å². The van der Waals surface area contributed by atoms with Crippen molar-refractivity contribution < 1.29 is 0 Å². The van der Waals surface area contributed by atoms with Crippen molar-refractivity contribution in [2.24, 2.45) is 0 Å². The molecule has 4 aromatic rings. The fourth-order valence-electron chi connectivity index (χ4n) is 3.88. The summed E-state index contributed by atoms with van der Waals surface area (Å²) >= 11 is -3.33. The van der Waals surface area contributed by atoms with Gasteiger partial charge in [-0.3, -0.25) is 0 Å². The van der Waals surface area contributed by atoms with Gasteiger partial charge < -0.3 is 0 Å². The molecule has 0 bridgehead atoms. The van der Waals surface area contributed by atoms with Gasteiger partial charge in [0.25, 0.3) is 0 Å². The molecule has 0 aliphatic rings. The second-order valence-corrected chi connectivity index (χ2v) is 21.8. The Morgan fingerprint density at radius 2 is 0.692 bits per heavy atom. The molecule has 4 aromatic carbocycles. The molecule has 0 radical (unpaired) electrons. The summed E-state index contributed by atoms with van der Waals surface area (Å²) in [5.74, 6) is 0. The molecule has 0 saturated carbocycles. The molecule has 0 nitrogen and oxygen atoms in total. The molecule has 0 heterocycles. The molecule has 0 spiro atoms. The van der Waals surface area contributed by atoms with Crippen molar-refractivity contribution in [2.75, 3.05) is 0 Å². The first-order valence-corrected chi connectivity index (χ1v) is 17.7. The average Bonchev–Trinajstić information content (AvgIpc) is 2.75. The molecule has 126 valence electrons. The average molecular weight is 530 g/mol. The number of hydrogen-bond acceptors (Lipinski definition) is 0. The molecule has 0 saturated heterocycles. The van der Waals surface area contributed by atoms with Crippen LogP contribution in [0.5, 0.6) is 0 Å². The van der Waals surface area contributed by atoms with Crippen LogP contribution in [0.4, 0.5) is 0 Å². The van der Waals surface area contributed by atoms with Crippen molar-refractivity contribution in [3.63, 3.8) is 0 Å². The van der Waals surface area contributed by atoms with E-state index in [2.05, 4.69) is 121 Å². The molecule has 0 unspecified atom stereocenters. The number of hydrogen-bond donors (Lipinski definition) is 0. The van der Waals surface area contributed by atoms with E-state index < -0.39 is 21.2 Å². The minimum atomic E-state index is -3.33. The van der Waals surface area contributed by atoms with Gasteiger partial charge >= 0.3 is 161 Å². The Kier molecular flexibility index (Phi) is 5.30. The number of benzene rings is 4. The van der Waals surface area contributed by atoms with E-state index in [1.165, 1.54) is 5.56 Å². The van der Waals surface area contributed by atoms with Gasteiger partial charge in [-0.25, -0.2) is 0 Å². The van der Waals surface area contributed by atoms with E-state index in [4.69, 9.17) is 0 Å². The van der Waals surface area contributed by atoms with Crippen molar-refractivity contribution in [3.05, 3.63) is 127 Å². The van der Waals surface area contributed by atoms with Gasteiger partial charge in [0.2, 0.25) is 0 Å². The van der Waals surface area contributed by atoms with Gasteiger partial charge in [0.1, 0.15) is 0 Å². The Bertz CT molecular complexity index is 836. The molecule has 0 fully saturated rings. The predicted molar refractivity (Wildman–Crippen MR) is 114 cm³/mol. The minimum absolute atomic E-state index is 1.14. The summed E-state index contributed by atoms with van der Waals surface area (Å²) in [5.41, 5.74) is 1.44. The zero-order valence-corrected chi connectivity index (χ0v) is 18.6. The predicted octanol–water partition coefficient (Wildman–Crippen LogP) is 3.94. The van der Waals surface area contributed by atoms with Crippen LogP contribution in [0.1, 0.15) is 5.56 Å². The molecular formula is C25H22Pb. The van der Waals surface area contributed by atoms with E-state index >= 15 is 0 Å². The van der Waals surface area contributed by atoms with Gasteiger partial charge in [-0.15, -0.1) is 0 Å². The molecular weight excluding hydrogens is 507 g/mol. The van der Waals surface area contributed by atoms with Gasteiger partial charge in [0.15, 0.2) is 0 Å². The Labute approximate surface area is 160 Å². The van der Waals surface area contributed by atoms with Crippen molar-refractivity contribution in [1.29, 1.82) is 0 Å². The van der Waals surface area contributed by atoms with Gasteiger partial charge in [-0.2, -0.15) is 0 Å². The first-order chi connectivity index (χ1) is 12.9. The van der Waals surface area contributed by atoms with Crippen LogP contribution in [0.3, 0.4) is 0 Å². The number of rotatable bonds is 5. The van der Waals surface area contributed by atoms with Gasteiger partial charge in [0, 0.05) is 0 Å². The van der Waals surface area contributed by atoms with Crippen LogP contribution in [0.2, 0.25) is 0 Å². The molecule has 0 aliphatic heterocycles. The van der Waals surface area contributed by atoms with Crippen LogP contribution in [0.15, 0.2) is 121 Å². The standard InChI is InChI=1S/C7H7.3C6H5.Pb/c1-7-5-3-2-4-6-7;3*1-2-4-6-5-3-1;/h2-6H,1H2;3*1-5H;. The zero-order valence-electron chi connectivity index (χ0n) is 14.8. The summed E-state index contributed by atoms with van der Waals surface area (Å²) in [6.07, 6.45) is 0. The van der Waals surface area contributed by atoms with Gasteiger partial charge in [0.05, 0.1) is 0 Å². The zero-order chi connectivity index (χ0) is 17.7. The molecule has 26 heavy (non-hydrogen) atoms. The van der Waals surface area contributed by atoms with Gasteiger partial charge in [-0.1, -0.05) is 0 Å². The topological polar surface area (TPSA) is 0 Å². The quantitative estimate of drug-likeness (QED) is 0.344. The van der Waals surface area contributed by atoms with Crippen molar-refractivity contribution in [3.8, 4) is 0 Å². The van der Waals surface area contributed by atoms with Crippen LogP contribution < -0.4 is 9.37 Å². The molecule has 0 aliphatic carbocycles. The van der Waals surface area contributed by atoms with E-state index in [0.717, 1.165) is 3.98 Å². The fraction of sp³-hybridized carbons (Fsp3) is 0.0400. The second kappa shape index (κ2) is 8.00. The van der Waals surface area contributed by atoms with Crippen LogP contribution >= 0.6 is 0 Å². The Hall–Kier alpha value is -2.20. The Balaban J connectivity index is 2.00. The summed E-state index contributed by atoms with van der Waals surface area (Å²) in [6.45, 7) is 0. The van der Waals surface area contributed by atoms with Crippen LogP contribution in [0.25, 0.3) is 0 Å². The summed E-state index contributed by atoms with van der Waals surface area (Å²) in [6, 6.07) is 44.7. The third kappa shape index (κ3) is 3.38. The first-order valence-electron chi connectivity index (χ1n) is 9.10.